The van der Waals surface area contributed by atoms with Crippen molar-refractivity contribution in [3.8, 4) is 11.6 Å². The van der Waals surface area contributed by atoms with Crippen LogP contribution < -0.4 is 9.62 Å². The van der Waals surface area contributed by atoms with E-state index in [-0.39, 0.29) is 11.9 Å². The molecule has 1 aliphatic rings. The van der Waals surface area contributed by atoms with Crippen LogP contribution >= 0.6 is 0 Å². The first kappa shape index (κ1) is 19.1. The van der Waals surface area contributed by atoms with Gasteiger partial charge in [0.1, 0.15) is 17.5 Å². The van der Waals surface area contributed by atoms with Crippen molar-refractivity contribution in [3.05, 3.63) is 53.9 Å². The van der Waals surface area contributed by atoms with E-state index >= 15 is 0 Å². The highest BCUT2D eigenvalue weighted by Crippen LogP contribution is 2.33. The van der Waals surface area contributed by atoms with Gasteiger partial charge in [0.05, 0.1) is 18.0 Å². The summed E-state index contributed by atoms with van der Waals surface area (Å²) in [4.78, 5) is 23.5. The molecular weight excluding hydrogens is 397 g/mol. The van der Waals surface area contributed by atoms with Crippen molar-refractivity contribution in [1.82, 2.24) is 24.9 Å². The van der Waals surface area contributed by atoms with Gasteiger partial charge in [0, 0.05) is 49.3 Å². The monoisotopic (exact) mass is 415 g/mol. The van der Waals surface area contributed by atoms with Gasteiger partial charge in [0.15, 0.2) is 11.6 Å². The minimum atomic E-state index is -3.56. The molecule has 0 spiro atoms. The Labute approximate surface area is 167 Å². The minimum absolute atomic E-state index is 0.0617. The van der Waals surface area contributed by atoms with E-state index in [1.807, 2.05) is 11.8 Å². The second-order valence-electron chi connectivity index (χ2n) is 6.69. The van der Waals surface area contributed by atoms with Gasteiger partial charge in [-0.1, -0.05) is 0 Å². The van der Waals surface area contributed by atoms with Crippen LogP contribution in [0.3, 0.4) is 0 Å². The second-order valence-corrected chi connectivity index (χ2v) is 8.44. The quantitative estimate of drug-likeness (QED) is 0.688. The zero-order valence-electron chi connectivity index (χ0n) is 15.7. The zero-order valence-corrected chi connectivity index (χ0v) is 16.6. The van der Waals surface area contributed by atoms with E-state index in [0.717, 1.165) is 23.6 Å². The lowest BCUT2D eigenvalue weighted by molar-refractivity contribution is 0.591. The average molecular weight is 415 g/mol. The van der Waals surface area contributed by atoms with Crippen LogP contribution in [0, 0.1) is 5.82 Å². The zero-order chi connectivity index (χ0) is 20.6. The van der Waals surface area contributed by atoms with Crippen LogP contribution in [0.15, 0.2) is 36.8 Å². The molecule has 0 radical (unpaired) electrons. The first-order valence-electron chi connectivity index (χ1n) is 8.85. The molecule has 9 nitrogen and oxygen atoms in total. The average Bonchev–Trinajstić information content (AvgIpc) is 2.67. The van der Waals surface area contributed by atoms with Crippen LogP contribution in [-0.4, -0.2) is 46.1 Å². The number of nitrogens with one attached hydrogen (secondary N) is 1. The lowest BCUT2D eigenvalue weighted by Crippen LogP contribution is -2.35. The Bertz CT molecular complexity index is 1160. The second kappa shape index (κ2) is 7.32. The number of aromatic nitrogens is 5. The van der Waals surface area contributed by atoms with Crippen molar-refractivity contribution in [2.45, 2.75) is 19.4 Å². The molecule has 11 heteroatoms. The van der Waals surface area contributed by atoms with E-state index < -0.39 is 15.8 Å². The third kappa shape index (κ3) is 4.14. The van der Waals surface area contributed by atoms with Gasteiger partial charge in [-0.25, -0.2) is 37.7 Å². The highest BCUT2D eigenvalue weighted by Gasteiger charge is 2.27. The van der Waals surface area contributed by atoms with Crippen molar-refractivity contribution < 1.29 is 12.8 Å². The summed E-state index contributed by atoms with van der Waals surface area (Å²) in [6.45, 7) is 2.48. The topological polar surface area (TPSA) is 114 Å². The molecule has 4 rings (SSSR count). The van der Waals surface area contributed by atoms with Gasteiger partial charge in [-0.2, -0.15) is 0 Å². The molecule has 4 heterocycles. The molecule has 0 saturated carbocycles. The third-order valence-electron chi connectivity index (χ3n) is 4.53. The number of halogens is 1. The number of hydrogen-bond donors (Lipinski definition) is 1. The molecule has 150 valence electrons. The number of pyridine rings is 1. The molecule has 0 aromatic carbocycles. The Morgan fingerprint density at radius 3 is 2.62 bits per heavy atom. The van der Waals surface area contributed by atoms with E-state index in [0.29, 0.717) is 30.4 Å². The maximum Gasteiger partial charge on any atom is 0.230 e. The van der Waals surface area contributed by atoms with Crippen molar-refractivity contribution in [3.63, 3.8) is 0 Å². The van der Waals surface area contributed by atoms with Crippen LogP contribution in [0.5, 0.6) is 0 Å². The Morgan fingerprint density at radius 1 is 1.14 bits per heavy atom. The molecule has 29 heavy (non-hydrogen) atoms. The molecule has 1 N–H and O–H groups in total. The van der Waals surface area contributed by atoms with E-state index in [4.69, 9.17) is 0 Å². The summed E-state index contributed by atoms with van der Waals surface area (Å²) in [5.41, 5.74) is 1.76. The van der Waals surface area contributed by atoms with Crippen LogP contribution in [0.2, 0.25) is 0 Å². The molecule has 3 aromatic rings. The molecule has 0 amide bonds. The first-order valence-corrected chi connectivity index (χ1v) is 10.7. The highest BCUT2D eigenvalue weighted by molar-refractivity contribution is 7.92. The van der Waals surface area contributed by atoms with E-state index in [9.17, 15) is 12.8 Å². The van der Waals surface area contributed by atoms with Crippen LogP contribution in [0.1, 0.15) is 24.2 Å². The summed E-state index contributed by atoms with van der Waals surface area (Å²) in [7, 11) is -3.56. The molecule has 0 saturated heterocycles. The Hall–Kier alpha value is -3.21. The van der Waals surface area contributed by atoms with Gasteiger partial charge in [-0.15, -0.1) is 0 Å². The van der Waals surface area contributed by atoms with E-state index in [2.05, 4.69) is 29.6 Å². The van der Waals surface area contributed by atoms with E-state index in [1.54, 1.807) is 24.7 Å². The Morgan fingerprint density at radius 2 is 1.90 bits per heavy atom. The molecule has 1 unspecified atom stereocenters. The molecule has 0 aliphatic carbocycles. The van der Waals surface area contributed by atoms with Crippen molar-refractivity contribution in [2.24, 2.45) is 0 Å². The normalized spacial score (nSPS) is 16.4. The number of anilines is 2. The number of hydrogen-bond acceptors (Lipinski definition) is 8. The largest absolute Gasteiger partial charge is 0.349 e. The van der Waals surface area contributed by atoms with Gasteiger partial charge in [0.25, 0.3) is 0 Å². The third-order valence-corrected chi connectivity index (χ3v) is 5.11. The fourth-order valence-electron chi connectivity index (χ4n) is 3.27. The van der Waals surface area contributed by atoms with Crippen molar-refractivity contribution in [2.75, 3.05) is 22.4 Å². The number of rotatable bonds is 4. The Kier molecular flexibility index (Phi) is 4.82. The van der Waals surface area contributed by atoms with Gasteiger partial charge < -0.3 is 4.90 Å². The summed E-state index contributed by atoms with van der Waals surface area (Å²) in [6, 6.07) is 3.87. The molecule has 0 fully saturated rings. The molecule has 1 aliphatic heterocycles. The highest BCUT2D eigenvalue weighted by atomic mass is 32.2. The van der Waals surface area contributed by atoms with Crippen molar-refractivity contribution in [1.29, 1.82) is 0 Å². The first-order chi connectivity index (χ1) is 13.8. The minimum Gasteiger partial charge on any atom is -0.349 e. The number of sulfonamides is 1. The predicted octanol–water partition coefficient (Wildman–Crippen LogP) is 1.96. The van der Waals surface area contributed by atoms with Gasteiger partial charge in [0.2, 0.25) is 10.0 Å². The van der Waals surface area contributed by atoms with Crippen LogP contribution in [-0.2, 0) is 16.4 Å². The standard InChI is InChI=1S/C18H18FN7O2S/c1-11-13-10-22-18(17-20-5-3-6-21-17)23-14(13)4-7-26(11)16-9-12(19)8-15(24-16)25-29(2,27)28/h3,5-6,8-11H,4,7H2,1-2H3,(H,24,25). The lowest BCUT2D eigenvalue weighted by Gasteiger charge is -2.35. The van der Waals surface area contributed by atoms with Gasteiger partial charge in [-0.3, -0.25) is 4.72 Å². The van der Waals surface area contributed by atoms with Gasteiger partial charge >= 0.3 is 0 Å². The maximum atomic E-state index is 14.1. The fraction of sp³-hybridized carbons (Fsp3) is 0.278. The maximum absolute atomic E-state index is 14.1. The molecule has 0 bridgehead atoms. The number of nitrogens with zero attached hydrogens (tertiary/aromatic N) is 6. The summed E-state index contributed by atoms with van der Waals surface area (Å²) in [5.74, 6) is 0.604. The fourth-order valence-corrected chi connectivity index (χ4v) is 3.76. The van der Waals surface area contributed by atoms with Gasteiger partial charge in [-0.05, 0) is 13.0 Å². The van der Waals surface area contributed by atoms with Crippen LogP contribution in [0.25, 0.3) is 11.6 Å². The molecular formula is C18H18FN7O2S. The van der Waals surface area contributed by atoms with Crippen LogP contribution in [0.4, 0.5) is 16.0 Å². The summed E-state index contributed by atoms with van der Waals surface area (Å²) >= 11 is 0. The molecule has 1 atom stereocenters. The number of fused-ring (bicyclic) bond motifs is 1. The SMILES string of the molecule is CC1c2cnc(-c3ncccn3)nc2CCN1c1cc(F)cc(NS(C)(=O)=O)n1. The van der Waals surface area contributed by atoms with E-state index in [1.165, 1.54) is 6.07 Å². The summed E-state index contributed by atoms with van der Waals surface area (Å²) < 4.78 is 39.2. The lowest BCUT2D eigenvalue weighted by atomic mass is 9.99. The summed E-state index contributed by atoms with van der Waals surface area (Å²) in [5, 5.41) is 0. The Balaban J connectivity index is 1.65. The molecule has 3 aromatic heterocycles. The predicted molar refractivity (Wildman–Crippen MR) is 105 cm³/mol. The smallest absolute Gasteiger partial charge is 0.230 e. The van der Waals surface area contributed by atoms with Crippen molar-refractivity contribution >= 4 is 21.7 Å². The summed E-state index contributed by atoms with van der Waals surface area (Å²) in [6.07, 6.45) is 6.57.